The van der Waals surface area contributed by atoms with Crippen LogP contribution in [0.15, 0.2) is 78.4 Å². The number of alkyl halides is 3. The van der Waals surface area contributed by atoms with Crippen molar-refractivity contribution in [1.29, 1.82) is 0 Å². The van der Waals surface area contributed by atoms with Gasteiger partial charge in [-0.2, -0.15) is 13.2 Å². The molecule has 4 unspecified atom stereocenters. The van der Waals surface area contributed by atoms with Crippen LogP contribution in [-0.4, -0.2) is 34.9 Å². The number of halogens is 3. The predicted octanol–water partition coefficient (Wildman–Crippen LogP) is 6.59. The number of phenols is 1. The number of ether oxygens (including phenoxy) is 1. The molecule has 1 aliphatic rings. The molecule has 7 heteroatoms. The predicted molar refractivity (Wildman–Crippen MR) is 131 cm³/mol. The van der Waals surface area contributed by atoms with E-state index in [1.54, 1.807) is 31.2 Å². The summed E-state index contributed by atoms with van der Waals surface area (Å²) in [6, 6.07) is 10.1. The number of hydrogen-bond acceptors (Lipinski definition) is 4. The van der Waals surface area contributed by atoms with Gasteiger partial charge in [0, 0.05) is 23.6 Å². The lowest BCUT2D eigenvalue weighted by Gasteiger charge is -2.38. The second-order valence-electron chi connectivity index (χ2n) is 8.75. The van der Waals surface area contributed by atoms with E-state index in [0.29, 0.717) is 5.56 Å². The molecule has 2 N–H and O–H groups in total. The van der Waals surface area contributed by atoms with Crippen molar-refractivity contribution in [2.75, 3.05) is 13.7 Å². The Labute approximate surface area is 204 Å². The molecule has 3 rings (SSSR count). The van der Waals surface area contributed by atoms with E-state index < -0.39 is 17.8 Å². The van der Waals surface area contributed by atoms with Gasteiger partial charge >= 0.3 is 6.18 Å². The van der Waals surface area contributed by atoms with Crippen LogP contribution >= 0.6 is 0 Å². The van der Waals surface area contributed by atoms with E-state index in [9.17, 15) is 23.4 Å². The van der Waals surface area contributed by atoms with Gasteiger partial charge in [0.2, 0.25) is 0 Å². The van der Waals surface area contributed by atoms with E-state index in [2.05, 4.69) is 11.8 Å². The third-order valence-electron chi connectivity index (χ3n) is 6.46. The normalized spacial score (nSPS) is 18.7. The molecule has 0 heterocycles. The minimum atomic E-state index is -4.46. The minimum absolute atomic E-state index is 0.0526. The summed E-state index contributed by atoms with van der Waals surface area (Å²) in [7, 11) is 1.93. The van der Waals surface area contributed by atoms with Crippen LogP contribution in [0.4, 0.5) is 13.2 Å². The maximum absolute atomic E-state index is 13.3. The number of phenolic OH excluding ortho intramolecular Hbond substituents is 1. The van der Waals surface area contributed by atoms with E-state index in [-0.39, 0.29) is 36.1 Å². The fraction of sp³-hybridized carbons (Fsp3) is 0.357. The first kappa shape index (κ1) is 26.6. The SMILES string of the molecule is CCOc1cc(C(F)(F)F)ccc1C(C)N(C)C(c1ccc(O)cc1)C(C)C1=CC=CC(O)C=C1. The molecule has 0 saturated carbocycles. The molecule has 0 saturated heterocycles. The number of rotatable bonds is 8. The Morgan fingerprint density at radius 1 is 1.06 bits per heavy atom. The summed E-state index contributed by atoms with van der Waals surface area (Å²) in [5.41, 5.74) is 1.84. The van der Waals surface area contributed by atoms with Crippen molar-refractivity contribution < 1.29 is 28.1 Å². The first-order valence-electron chi connectivity index (χ1n) is 11.6. The molecule has 0 radical (unpaired) electrons. The van der Waals surface area contributed by atoms with Crippen molar-refractivity contribution in [2.45, 2.75) is 45.1 Å². The second kappa shape index (κ2) is 11.1. The van der Waals surface area contributed by atoms with Gasteiger partial charge in [-0.25, -0.2) is 0 Å². The number of aromatic hydroxyl groups is 1. The van der Waals surface area contributed by atoms with Gasteiger partial charge in [-0.3, -0.25) is 4.90 Å². The zero-order valence-electron chi connectivity index (χ0n) is 20.3. The van der Waals surface area contributed by atoms with Crippen LogP contribution in [0.25, 0.3) is 0 Å². The summed E-state index contributed by atoms with van der Waals surface area (Å²) in [6.07, 6.45) is 3.94. The van der Waals surface area contributed by atoms with Gasteiger partial charge < -0.3 is 14.9 Å². The third-order valence-corrected chi connectivity index (χ3v) is 6.46. The van der Waals surface area contributed by atoms with Crippen LogP contribution in [-0.2, 0) is 6.18 Å². The fourth-order valence-corrected chi connectivity index (χ4v) is 4.44. The lowest BCUT2D eigenvalue weighted by Crippen LogP contribution is -2.32. The van der Waals surface area contributed by atoms with Crippen molar-refractivity contribution in [3.05, 3.63) is 95.1 Å². The van der Waals surface area contributed by atoms with Crippen LogP contribution in [0.1, 0.15) is 49.5 Å². The maximum atomic E-state index is 13.3. The number of hydrogen-bond donors (Lipinski definition) is 2. The average molecular weight is 488 g/mol. The number of aliphatic hydroxyl groups excluding tert-OH is 1. The van der Waals surface area contributed by atoms with Gasteiger partial charge in [0.15, 0.2) is 0 Å². The highest BCUT2D eigenvalue weighted by atomic mass is 19.4. The highest BCUT2D eigenvalue weighted by Gasteiger charge is 2.34. The Kier molecular flexibility index (Phi) is 8.46. The summed E-state index contributed by atoms with van der Waals surface area (Å²) in [5, 5.41) is 19.8. The van der Waals surface area contributed by atoms with Crippen LogP contribution in [0.2, 0.25) is 0 Å². The van der Waals surface area contributed by atoms with Crippen LogP contribution in [0.5, 0.6) is 11.5 Å². The van der Waals surface area contributed by atoms with Crippen LogP contribution in [0, 0.1) is 5.92 Å². The topological polar surface area (TPSA) is 52.9 Å². The first-order valence-corrected chi connectivity index (χ1v) is 11.6. The molecule has 35 heavy (non-hydrogen) atoms. The van der Waals surface area contributed by atoms with E-state index in [1.807, 2.05) is 44.3 Å². The zero-order chi connectivity index (χ0) is 25.8. The van der Waals surface area contributed by atoms with Gasteiger partial charge in [-0.1, -0.05) is 55.5 Å². The van der Waals surface area contributed by atoms with E-state index in [4.69, 9.17) is 4.74 Å². The van der Waals surface area contributed by atoms with Crippen LogP contribution < -0.4 is 4.74 Å². The van der Waals surface area contributed by atoms with Gasteiger partial charge in [0.25, 0.3) is 0 Å². The molecule has 2 aromatic carbocycles. The lowest BCUT2D eigenvalue weighted by atomic mass is 9.85. The minimum Gasteiger partial charge on any atom is -0.508 e. The van der Waals surface area contributed by atoms with Gasteiger partial charge in [0.1, 0.15) is 11.5 Å². The van der Waals surface area contributed by atoms with Crippen molar-refractivity contribution in [2.24, 2.45) is 5.92 Å². The molecule has 0 bridgehead atoms. The molecule has 4 nitrogen and oxygen atoms in total. The molecule has 1 aliphatic carbocycles. The highest BCUT2D eigenvalue weighted by molar-refractivity contribution is 5.42. The Morgan fingerprint density at radius 3 is 2.37 bits per heavy atom. The molecule has 188 valence electrons. The molecule has 0 aliphatic heterocycles. The molecule has 0 spiro atoms. The molecule has 0 fully saturated rings. The molecular formula is C28H32F3NO3. The Morgan fingerprint density at radius 2 is 1.74 bits per heavy atom. The van der Waals surface area contributed by atoms with E-state index >= 15 is 0 Å². The molecule has 2 aromatic rings. The molecule has 4 atom stereocenters. The average Bonchev–Trinajstić information content (AvgIpc) is 3.04. The number of nitrogens with zero attached hydrogens (tertiary/aromatic N) is 1. The summed E-state index contributed by atoms with van der Waals surface area (Å²) in [6.45, 7) is 5.99. The Balaban J connectivity index is 2.03. The number of benzene rings is 2. The Bertz CT molecular complexity index is 1090. The second-order valence-corrected chi connectivity index (χ2v) is 8.75. The summed E-state index contributed by atoms with van der Waals surface area (Å²) >= 11 is 0. The number of aliphatic hydroxyl groups is 1. The number of allylic oxidation sites excluding steroid dienone is 3. The largest absolute Gasteiger partial charge is 0.508 e. The summed E-state index contributed by atoms with van der Waals surface area (Å²) < 4.78 is 45.6. The standard InChI is InChI=1S/C28H32F3NO3/c1-5-35-26-17-22(28(29,30)31)12-16-25(26)19(3)32(4)27(21-10-14-24(34)15-11-21)18(2)20-7-6-8-23(33)13-9-20/h6-19,23,27,33-34H,5H2,1-4H3. The van der Waals surface area contributed by atoms with Crippen molar-refractivity contribution in [3.63, 3.8) is 0 Å². The smallest absolute Gasteiger partial charge is 0.416 e. The monoisotopic (exact) mass is 487 g/mol. The maximum Gasteiger partial charge on any atom is 0.416 e. The quantitative estimate of drug-likeness (QED) is 0.441. The molecule has 0 amide bonds. The molecular weight excluding hydrogens is 455 g/mol. The van der Waals surface area contributed by atoms with E-state index in [0.717, 1.165) is 23.3 Å². The van der Waals surface area contributed by atoms with Crippen molar-refractivity contribution in [3.8, 4) is 11.5 Å². The third kappa shape index (κ3) is 6.35. The van der Waals surface area contributed by atoms with Gasteiger partial charge in [0.05, 0.1) is 18.3 Å². The van der Waals surface area contributed by atoms with E-state index in [1.165, 1.54) is 6.07 Å². The van der Waals surface area contributed by atoms with Gasteiger partial charge in [-0.05, 0) is 56.3 Å². The van der Waals surface area contributed by atoms with Crippen LogP contribution in [0.3, 0.4) is 0 Å². The van der Waals surface area contributed by atoms with Crippen molar-refractivity contribution >= 4 is 0 Å². The van der Waals surface area contributed by atoms with Gasteiger partial charge in [-0.15, -0.1) is 0 Å². The Hall–Kier alpha value is -3.03. The zero-order valence-corrected chi connectivity index (χ0v) is 20.3. The fourth-order valence-electron chi connectivity index (χ4n) is 4.44. The summed E-state index contributed by atoms with van der Waals surface area (Å²) in [4.78, 5) is 2.10. The summed E-state index contributed by atoms with van der Waals surface area (Å²) in [5.74, 6) is 0.304. The molecule has 0 aromatic heterocycles. The first-order chi connectivity index (χ1) is 16.5. The van der Waals surface area contributed by atoms with Crippen molar-refractivity contribution in [1.82, 2.24) is 4.90 Å². The highest BCUT2D eigenvalue weighted by Crippen LogP contribution is 2.42. The lowest BCUT2D eigenvalue weighted by molar-refractivity contribution is -0.137.